The summed E-state index contributed by atoms with van der Waals surface area (Å²) in [4.78, 5) is 0. The summed E-state index contributed by atoms with van der Waals surface area (Å²) in [6.07, 6.45) is 15.1. The van der Waals surface area contributed by atoms with Gasteiger partial charge in [0.25, 0.3) is 0 Å². The number of hydrogen-bond donors (Lipinski definition) is 1. The maximum absolute atomic E-state index is 9.95. The summed E-state index contributed by atoms with van der Waals surface area (Å²) >= 11 is 0. The first-order valence-electron chi connectivity index (χ1n) is 5.84. The smallest absolute Gasteiger partial charge is 0.0980 e. The Morgan fingerprint density at radius 2 is 2.07 bits per heavy atom. The van der Waals surface area contributed by atoms with E-state index in [0.29, 0.717) is 5.92 Å². The molecule has 15 heavy (non-hydrogen) atoms. The summed E-state index contributed by atoms with van der Waals surface area (Å²) in [5, 5.41) is 9.95. The van der Waals surface area contributed by atoms with Crippen molar-refractivity contribution in [1.82, 2.24) is 0 Å². The van der Waals surface area contributed by atoms with Crippen molar-refractivity contribution in [3.63, 3.8) is 0 Å². The first-order valence-corrected chi connectivity index (χ1v) is 5.84. The maximum atomic E-state index is 9.95. The largest absolute Gasteiger partial charge is 0.382 e. The molecule has 2 aliphatic carbocycles. The molecular formula is C14H20O. The molecule has 2 rings (SSSR count). The Balaban J connectivity index is 1.97. The molecule has 0 radical (unpaired) electrons. The van der Waals surface area contributed by atoms with E-state index in [4.69, 9.17) is 0 Å². The topological polar surface area (TPSA) is 20.2 Å². The molecule has 4 atom stereocenters. The lowest BCUT2D eigenvalue weighted by molar-refractivity contribution is 0.163. The summed E-state index contributed by atoms with van der Waals surface area (Å²) < 4.78 is 0. The average molecular weight is 204 g/mol. The number of fused-ring (bicyclic) bond motifs is 2. The van der Waals surface area contributed by atoms with Crippen LogP contribution in [-0.4, -0.2) is 10.7 Å². The van der Waals surface area contributed by atoms with Gasteiger partial charge in [-0.05, 0) is 44.4 Å². The molecule has 2 bridgehead atoms. The zero-order chi connectivity index (χ0) is 10.9. The summed E-state index contributed by atoms with van der Waals surface area (Å²) in [5.41, 5.74) is -0.777. The van der Waals surface area contributed by atoms with Crippen LogP contribution in [0.1, 0.15) is 26.7 Å². The van der Waals surface area contributed by atoms with Gasteiger partial charge in [-0.3, -0.25) is 0 Å². The zero-order valence-electron chi connectivity index (χ0n) is 9.56. The predicted molar refractivity (Wildman–Crippen MR) is 63.4 cm³/mol. The molecule has 0 aromatic heterocycles. The molecule has 0 saturated heterocycles. The number of aliphatic hydroxyl groups is 1. The second kappa shape index (κ2) is 3.97. The minimum atomic E-state index is -0.777. The Morgan fingerprint density at radius 1 is 1.27 bits per heavy atom. The van der Waals surface area contributed by atoms with Crippen LogP contribution in [0, 0.1) is 17.8 Å². The minimum absolute atomic E-state index is 0.650. The molecule has 1 heteroatoms. The molecule has 0 spiro atoms. The van der Waals surface area contributed by atoms with E-state index in [-0.39, 0.29) is 0 Å². The van der Waals surface area contributed by atoms with Gasteiger partial charge >= 0.3 is 0 Å². The molecule has 0 aromatic carbocycles. The van der Waals surface area contributed by atoms with Crippen molar-refractivity contribution in [1.29, 1.82) is 0 Å². The second-order valence-electron chi connectivity index (χ2n) is 5.03. The third kappa shape index (κ3) is 2.40. The van der Waals surface area contributed by atoms with Crippen LogP contribution in [0.15, 0.2) is 36.5 Å². The van der Waals surface area contributed by atoms with E-state index in [9.17, 15) is 5.11 Å². The van der Waals surface area contributed by atoms with Crippen LogP contribution < -0.4 is 0 Å². The quantitative estimate of drug-likeness (QED) is 0.700. The number of rotatable bonds is 3. The van der Waals surface area contributed by atoms with E-state index in [0.717, 1.165) is 11.8 Å². The van der Waals surface area contributed by atoms with Crippen molar-refractivity contribution in [2.75, 3.05) is 0 Å². The monoisotopic (exact) mass is 204 g/mol. The van der Waals surface area contributed by atoms with Crippen LogP contribution in [-0.2, 0) is 0 Å². The van der Waals surface area contributed by atoms with Gasteiger partial charge < -0.3 is 5.11 Å². The number of allylic oxidation sites excluding steroid dienone is 4. The van der Waals surface area contributed by atoms with Gasteiger partial charge in [-0.15, -0.1) is 0 Å². The van der Waals surface area contributed by atoms with Crippen LogP contribution >= 0.6 is 0 Å². The molecule has 1 N–H and O–H groups in total. The molecule has 1 nitrogen and oxygen atoms in total. The van der Waals surface area contributed by atoms with Gasteiger partial charge in [-0.2, -0.15) is 0 Å². The molecule has 1 saturated carbocycles. The fourth-order valence-corrected chi connectivity index (χ4v) is 2.76. The van der Waals surface area contributed by atoms with Crippen LogP contribution in [0.4, 0.5) is 0 Å². The van der Waals surface area contributed by atoms with Crippen LogP contribution in [0.2, 0.25) is 0 Å². The van der Waals surface area contributed by atoms with Crippen molar-refractivity contribution < 1.29 is 5.11 Å². The molecular weight excluding hydrogens is 184 g/mol. The van der Waals surface area contributed by atoms with Crippen molar-refractivity contribution >= 4 is 0 Å². The summed E-state index contributed by atoms with van der Waals surface area (Å²) in [7, 11) is 0. The molecule has 4 unspecified atom stereocenters. The second-order valence-corrected chi connectivity index (χ2v) is 5.03. The van der Waals surface area contributed by atoms with Gasteiger partial charge in [-0.25, -0.2) is 0 Å². The molecule has 82 valence electrons. The first kappa shape index (κ1) is 10.7. The Morgan fingerprint density at radius 3 is 2.60 bits per heavy atom. The van der Waals surface area contributed by atoms with Crippen molar-refractivity contribution in [3.8, 4) is 0 Å². The Bertz CT molecular complexity index is 309. The summed E-state index contributed by atoms with van der Waals surface area (Å²) in [6, 6.07) is 0. The molecule has 1 fully saturated rings. The van der Waals surface area contributed by atoms with E-state index in [1.165, 1.54) is 12.8 Å². The van der Waals surface area contributed by atoms with E-state index >= 15 is 0 Å². The molecule has 0 amide bonds. The predicted octanol–water partition coefficient (Wildman–Crippen LogP) is 3.08. The first-order chi connectivity index (χ1) is 7.11. The Kier molecular flexibility index (Phi) is 2.83. The van der Waals surface area contributed by atoms with Gasteiger partial charge in [0.15, 0.2) is 0 Å². The average Bonchev–Trinajstić information content (AvgIpc) is 2.75. The van der Waals surface area contributed by atoms with Crippen molar-refractivity contribution in [3.05, 3.63) is 36.5 Å². The highest BCUT2D eigenvalue weighted by Crippen LogP contribution is 2.44. The lowest BCUT2D eigenvalue weighted by atomic mass is 9.91. The fraction of sp³-hybridized carbons (Fsp3) is 0.571. The van der Waals surface area contributed by atoms with Crippen LogP contribution in [0.3, 0.4) is 0 Å². The van der Waals surface area contributed by atoms with Crippen LogP contribution in [0.5, 0.6) is 0 Å². The number of hydrogen-bond acceptors (Lipinski definition) is 1. The van der Waals surface area contributed by atoms with Crippen LogP contribution in [0.25, 0.3) is 0 Å². The Labute approximate surface area is 92.2 Å². The molecule has 0 aliphatic heterocycles. The summed E-state index contributed by atoms with van der Waals surface area (Å²) in [5.74, 6) is 2.18. The standard InChI is InChI=1S/C14H20O/c1-3-7-14(2,15)8-6-13-10-11-4-5-12(13)9-11/h3-8,11-13,15H,9-10H2,1-2H3. The lowest BCUT2D eigenvalue weighted by Crippen LogP contribution is -2.17. The highest BCUT2D eigenvalue weighted by atomic mass is 16.3. The molecule has 0 aromatic rings. The minimum Gasteiger partial charge on any atom is -0.382 e. The van der Waals surface area contributed by atoms with Gasteiger partial charge in [0.05, 0.1) is 5.60 Å². The van der Waals surface area contributed by atoms with Gasteiger partial charge in [0, 0.05) is 0 Å². The van der Waals surface area contributed by atoms with E-state index in [1.807, 2.05) is 32.1 Å². The zero-order valence-corrected chi connectivity index (χ0v) is 9.56. The van der Waals surface area contributed by atoms with E-state index < -0.39 is 5.60 Å². The van der Waals surface area contributed by atoms with Gasteiger partial charge in [0.1, 0.15) is 0 Å². The third-order valence-corrected chi connectivity index (χ3v) is 3.52. The third-order valence-electron chi connectivity index (χ3n) is 3.52. The summed E-state index contributed by atoms with van der Waals surface area (Å²) in [6.45, 7) is 3.76. The van der Waals surface area contributed by atoms with Gasteiger partial charge in [-0.1, -0.05) is 36.5 Å². The molecule has 0 heterocycles. The van der Waals surface area contributed by atoms with Crippen molar-refractivity contribution in [2.24, 2.45) is 17.8 Å². The normalized spacial score (nSPS) is 38.2. The maximum Gasteiger partial charge on any atom is 0.0980 e. The van der Waals surface area contributed by atoms with E-state index in [1.54, 1.807) is 0 Å². The lowest BCUT2D eigenvalue weighted by Gasteiger charge is -2.17. The van der Waals surface area contributed by atoms with Crippen molar-refractivity contribution in [2.45, 2.75) is 32.3 Å². The highest BCUT2D eigenvalue weighted by molar-refractivity contribution is 5.18. The van der Waals surface area contributed by atoms with E-state index in [2.05, 4.69) is 18.2 Å². The Hall–Kier alpha value is -0.820. The fourth-order valence-electron chi connectivity index (χ4n) is 2.76. The highest BCUT2D eigenvalue weighted by Gasteiger charge is 2.34. The van der Waals surface area contributed by atoms with Gasteiger partial charge in [0.2, 0.25) is 0 Å². The molecule has 2 aliphatic rings. The SMILES string of the molecule is CC=CC(C)(O)C=CC1CC2C=CC1C2.